The van der Waals surface area contributed by atoms with Crippen molar-refractivity contribution in [1.29, 1.82) is 0 Å². The number of H-pyrrole nitrogens is 1. The molecule has 0 aliphatic heterocycles. The zero-order valence-corrected chi connectivity index (χ0v) is 10.2. The van der Waals surface area contributed by atoms with Crippen molar-refractivity contribution in [3.63, 3.8) is 0 Å². The monoisotopic (exact) mass is 251 g/mol. The number of rotatable bonds is 1. The van der Waals surface area contributed by atoms with Gasteiger partial charge in [0.05, 0.1) is 11.9 Å². The molecule has 4 heteroatoms. The first-order chi connectivity index (χ1) is 9.36. The fourth-order valence-electron chi connectivity index (χ4n) is 1.44. The molecular weight excluding hydrogens is 238 g/mol. The average molecular weight is 251 g/mol. The standard InChI is InChI=1S/C15H13N3O/c19-15-17-14(12-16-18-15)13-10-8-6-4-2-1-3-5-7-9-11-13/h1-12H,(H,17,18,19)/b2-1-,3-1?,4-2?,5-3-,6-4-,7-5?,8-6?,9-7-,10-8?,11-9?,13-10?,13-11?. The smallest absolute Gasteiger partial charge is 0.244 e. The highest BCUT2D eigenvalue weighted by Crippen LogP contribution is 2.11. The maximum absolute atomic E-state index is 11.2. The molecule has 1 N–H and O–H groups in total. The maximum Gasteiger partial charge on any atom is 0.361 e. The van der Waals surface area contributed by atoms with E-state index in [2.05, 4.69) is 15.2 Å². The van der Waals surface area contributed by atoms with Gasteiger partial charge in [-0.3, -0.25) is 0 Å². The Morgan fingerprint density at radius 3 is 2.16 bits per heavy atom. The molecule has 1 aliphatic rings. The van der Waals surface area contributed by atoms with Crippen LogP contribution in [0.4, 0.5) is 0 Å². The Bertz CT molecular complexity index is 658. The van der Waals surface area contributed by atoms with Gasteiger partial charge in [-0.05, 0) is 0 Å². The molecule has 1 aromatic heterocycles. The third kappa shape index (κ3) is 4.20. The lowest BCUT2D eigenvalue weighted by atomic mass is 10.1. The minimum Gasteiger partial charge on any atom is -0.244 e. The summed E-state index contributed by atoms with van der Waals surface area (Å²) in [4.78, 5) is 15.1. The van der Waals surface area contributed by atoms with Crippen LogP contribution in [0, 0.1) is 0 Å². The lowest BCUT2D eigenvalue weighted by Crippen LogP contribution is -2.13. The van der Waals surface area contributed by atoms with Gasteiger partial charge in [0.25, 0.3) is 0 Å². The molecule has 1 aromatic rings. The number of nitrogens with one attached hydrogen (secondary N) is 1. The number of aromatic amines is 1. The van der Waals surface area contributed by atoms with E-state index in [9.17, 15) is 4.79 Å². The van der Waals surface area contributed by atoms with Crippen LogP contribution in [0.3, 0.4) is 0 Å². The van der Waals surface area contributed by atoms with Crippen LogP contribution in [-0.4, -0.2) is 15.2 Å². The van der Waals surface area contributed by atoms with Gasteiger partial charge in [0.2, 0.25) is 0 Å². The quantitative estimate of drug-likeness (QED) is 0.833. The molecule has 4 nitrogen and oxygen atoms in total. The van der Waals surface area contributed by atoms with Gasteiger partial charge in [-0.25, -0.2) is 9.89 Å². The molecular formula is C15H13N3O. The molecule has 0 unspecified atom stereocenters. The Balaban J connectivity index is 2.37. The Hall–Kier alpha value is -2.75. The summed E-state index contributed by atoms with van der Waals surface area (Å²) in [5, 5.41) is 6.01. The van der Waals surface area contributed by atoms with Gasteiger partial charge in [0, 0.05) is 5.57 Å². The highest BCUT2D eigenvalue weighted by Gasteiger charge is 1.99. The van der Waals surface area contributed by atoms with E-state index in [-0.39, 0.29) is 0 Å². The summed E-state index contributed by atoms with van der Waals surface area (Å²) in [6, 6.07) is 0. The highest BCUT2D eigenvalue weighted by molar-refractivity contribution is 5.72. The van der Waals surface area contributed by atoms with Crippen LogP contribution < -0.4 is 5.69 Å². The number of hydrogen-bond acceptors (Lipinski definition) is 3. The van der Waals surface area contributed by atoms with E-state index >= 15 is 0 Å². The van der Waals surface area contributed by atoms with Crippen LogP contribution >= 0.6 is 0 Å². The van der Waals surface area contributed by atoms with Crippen molar-refractivity contribution in [2.75, 3.05) is 0 Å². The van der Waals surface area contributed by atoms with Gasteiger partial charge < -0.3 is 0 Å². The molecule has 0 amide bonds. The number of nitrogens with zero attached hydrogens (tertiary/aromatic N) is 2. The second-order valence-electron chi connectivity index (χ2n) is 3.69. The lowest BCUT2D eigenvalue weighted by Gasteiger charge is -1.98. The number of allylic oxidation sites excluding steroid dienone is 12. The fourth-order valence-corrected chi connectivity index (χ4v) is 1.44. The molecule has 94 valence electrons. The molecule has 2 rings (SSSR count). The molecule has 0 atom stereocenters. The molecule has 0 saturated carbocycles. The SMILES string of the molecule is O=c1nc(C2=C\C=C/C=C\C=C/C=C\C=C2)cn[nH]1. The van der Waals surface area contributed by atoms with Crippen molar-refractivity contribution >= 4 is 5.57 Å². The molecule has 0 aromatic carbocycles. The number of hydrogen-bond donors (Lipinski definition) is 1. The van der Waals surface area contributed by atoms with Gasteiger partial charge in [0.15, 0.2) is 0 Å². The van der Waals surface area contributed by atoms with Gasteiger partial charge >= 0.3 is 5.69 Å². The predicted molar refractivity (Wildman–Crippen MR) is 76.3 cm³/mol. The zero-order chi connectivity index (χ0) is 13.3. The van der Waals surface area contributed by atoms with Crippen molar-refractivity contribution in [2.45, 2.75) is 0 Å². The van der Waals surface area contributed by atoms with Crippen LogP contribution in [0.5, 0.6) is 0 Å². The topological polar surface area (TPSA) is 58.6 Å². The van der Waals surface area contributed by atoms with Crippen LogP contribution in [-0.2, 0) is 0 Å². The first kappa shape index (κ1) is 12.7. The molecule has 0 radical (unpaired) electrons. The van der Waals surface area contributed by atoms with E-state index in [1.165, 1.54) is 6.20 Å². The van der Waals surface area contributed by atoms with E-state index in [1.54, 1.807) is 0 Å². The molecule has 0 spiro atoms. The summed E-state index contributed by atoms with van der Waals surface area (Å²) < 4.78 is 0. The van der Waals surface area contributed by atoms with Crippen LogP contribution in [0.2, 0.25) is 0 Å². The Kier molecular flexibility index (Phi) is 4.58. The van der Waals surface area contributed by atoms with E-state index in [1.807, 2.05) is 66.8 Å². The molecule has 0 fully saturated rings. The average Bonchev–Trinajstić information content (AvgIpc) is 2.39. The van der Waals surface area contributed by atoms with Crippen LogP contribution in [0.25, 0.3) is 5.57 Å². The second kappa shape index (κ2) is 6.86. The Morgan fingerprint density at radius 2 is 1.47 bits per heavy atom. The molecule has 0 bridgehead atoms. The third-order valence-electron chi connectivity index (χ3n) is 2.31. The fraction of sp³-hybridized carbons (Fsp3) is 0. The summed E-state index contributed by atoms with van der Waals surface area (Å²) in [5.41, 5.74) is 0.896. The molecule has 1 heterocycles. The van der Waals surface area contributed by atoms with Gasteiger partial charge in [-0.2, -0.15) is 10.1 Å². The third-order valence-corrected chi connectivity index (χ3v) is 2.31. The summed E-state index contributed by atoms with van der Waals surface area (Å²) in [7, 11) is 0. The van der Waals surface area contributed by atoms with Crippen molar-refractivity contribution in [1.82, 2.24) is 15.2 Å². The first-order valence-corrected chi connectivity index (χ1v) is 5.83. The summed E-state index contributed by atoms with van der Waals surface area (Å²) in [6.07, 6.45) is 22.5. The lowest BCUT2D eigenvalue weighted by molar-refractivity contribution is 0.904. The van der Waals surface area contributed by atoms with Crippen molar-refractivity contribution in [2.24, 2.45) is 0 Å². The van der Waals surface area contributed by atoms with Crippen LogP contribution in [0.1, 0.15) is 5.69 Å². The second-order valence-corrected chi connectivity index (χ2v) is 3.69. The van der Waals surface area contributed by atoms with E-state index in [4.69, 9.17) is 0 Å². The summed E-state index contributed by atoms with van der Waals surface area (Å²) >= 11 is 0. The summed E-state index contributed by atoms with van der Waals surface area (Å²) in [5.74, 6) is 0. The largest absolute Gasteiger partial charge is 0.361 e. The molecule has 0 saturated heterocycles. The minimum atomic E-state index is -0.458. The zero-order valence-electron chi connectivity index (χ0n) is 10.2. The van der Waals surface area contributed by atoms with Gasteiger partial charge in [-0.15, -0.1) is 0 Å². The maximum atomic E-state index is 11.2. The predicted octanol–water partition coefficient (Wildman–Crippen LogP) is 2.34. The minimum absolute atomic E-state index is 0.458. The van der Waals surface area contributed by atoms with Crippen molar-refractivity contribution in [3.8, 4) is 0 Å². The molecule has 19 heavy (non-hydrogen) atoms. The van der Waals surface area contributed by atoms with Gasteiger partial charge in [0.1, 0.15) is 0 Å². The van der Waals surface area contributed by atoms with E-state index < -0.39 is 5.69 Å². The van der Waals surface area contributed by atoms with Gasteiger partial charge in [-0.1, -0.05) is 66.8 Å². The van der Waals surface area contributed by atoms with E-state index in [0.717, 1.165) is 5.57 Å². The van der Waals surface area contributed by atoms with Crippen LogP contribution in [0.15, 0.2) is 77.8 Å². The normalized spacial score (nSPS) is 21.6. The molecule has 1 aliphatic carbocycles. The number of aromatic nitrogens is 3. The summed E-state index contributed by atoms with van der Waals surface area (Å²) in [6.45, 7) is 0. The van der Waals surface area contributed by atoms with E-state index in [0.29, 0.717) is 5.69 Å². The Labute approximate surface area is 110 Å². The first-order valence-electron chi connectivity index (χ1n) is 5.83. The Morgan fingerprint density at radius 1 is 0.842 bits per heavy atom. The van der Waals surface area contributed by atoms with Crippen molar-refractivity contribution in [3.05, 3.63) is 89.2 Å². The highest BCUT2D eigenvalue weighted by atomic mass is 16.1. The van der Waals surface area contributed by atoms with Crippen molar-refractivity contribution < 1.29 is 0 Å².